The molecule has 2 heterocycles. The average molecular weight is 254 g/mol. The number of nitrogens with one attached hydrogen (secondary N) is 1. The molecule has 18 heavy (non-hydrogen) atoms. The molecule has 0 amide bonds. The van der Waals surface area contributed by atoms with E-state index in [1.807, 2.05) is 13.8 Å². The summed E-state index contributed by atoms with van der Waals surface area (Å²) in [6, 6.07) is 0. The second kappa shape index (κ2) is 7.49. The largest absolute Gasteiger partial charge is 0.316 e. The molecule has 0 aromatic heterocycles. The summed E-state index contributed by atoms with van der Waals surface area (Å²) in [4.78, 5) is 2.68. The number of nitrogens with zero attached hydrogens (tertiary/aromatic N) is 1. The molecule has 0 aliphatic carbocycles. The molecule has 0 bridgehead atoms. The number of rotatable bonds is 3. The third-order valence-corrected chi connectivity index (χ3v) is 4.53. The average Bonchev–Trinajstić information content (AvgIpc) is 2.29. The Hall–Kier alpha value is -0.0800. The van der Waals surface area contributed by atoms with Gasteiger partial charge in [0.1, 0.15) is 0 Å². The van der Waals surface area contributed by atoms with Crippen LogP contribution in [0.15, 0.2) is 0 Å². The smallest absolute Gasteiger partial charge is 0.000778 e. The third-order valence-electron chi connectivity index (χ3n) is 4.53. The van der Waals surface area contributed by atoms with Gasteiger partial charge in [-0.2, -0.15) is 0 Å². The molecule has 2 aliphatic rings. The first kappa shape index (κ1) is 16.0. The van der Waals surface area contributed by atoms with Gasteiger partial charge >= 0.3 is 0 Å². The summed E-state index contributed by atoms with van der Waals surface area (Å²) in [5.74, 6) is 1.91. The van der Waals surface area contributed by atoms with Crippen LogP contribution in [0.5, 0.6) is 0 Å². The lowest BCUT2D eigenvalue weighted by atomic mass is 9.75. The molecule has 0 atom stereocenters. The predicted octanol–water partition coefficient (Wildman–Crippen LogP) is 3.38. The summed E-state index contributed by atoms with van der Waals surface area (Å²) in [5.41, 5.74) is 0.518. The maximum Gasteiger partial charge on any atom is -0.000778 e. The first-order chi connectivity index (χ1) is 8.55. The van der Waals surface area contributed by atoms with E-state index in [1.165, 1.54) is 52.0 Å². The van der Waals surface area contributed by atoms with E-state index < -0.39 is 0 Å². The highest BCUT2D eigenvalue weighted by molar-refractivity contribution is 4.82. The van der Waals surface area contributed by atoms with Gasteiger partial charge in [-0.15, -0.1) is 0 Å². The quantitative estimate of drug-likeness (QED) is 0.830. The minimum absolute atomic E-state index is 0.518. The first-order valence-electron chi connectivity index (χ1n) is 7.99. The van der Waals surface area contributed by atoms with Gasteiger partial charge in [0.2, 0.25) is 0 Å². The van der Waals surface area contributed by atoms with Gasteiger partial charge in [-0.25, -0.2) is 0 Å². The van der Waals surface area contributed by atoms with Crippen molar-refractivity contribution in [3.05, 3.63) is 0 Å². The number of hydrogen-bond acceptors (Lipinski definition) is 2. The molecule has 1 N–H and O–H groups in total. The predicted molar refractivity (Wildman–Crippen MR) is 80.9 cm³/mol. The van der Waals surface area contributed by atoms with Crippen molar-refractivity contribution in [2.45, 2.75) is 53.9 Å². The highest BCUT2D eigenvalue weighted by Gasteiger charge is 2.29. The molecule has 0 unspecified atom stereocenters. The van der Waals surface area contributed by atoms with Gasteiger partial charge in [0.15, 0.2) is 0 Å². The van der Waals surface area contributed by atoms with Gasteiger partial charge in [-0.05, 0) is 69.2 Å². The molecule has 2 rings (SSSR count). The summed E-state index contributed by atoms with van der Waals surface area (Å²) >= 11 is 0. The highest BCUT2D eigenvalue weighted by Crippen LogP contribution is 2.34. The Morgan fingerprint density at radius 1 is 1.06 bits per heavy atom. The highest BCUT2D eigenvalue weighted by atomic mass is 15.1. The van der Waals surface area contributed by atoms with Gasteiger partial charge in [0, 0.05) is 0 Å². The lowest BCUT2D eigenvalue weighted by Crippen LogP contribution is -2.45. The van der Waals surface area contributed by atoms with Crippen LogP contribution < -0.4 is 5.32 Å². The van der Waals surface area contributed by atoms with Crippen LogP contribution in [-0.2, 0) is 0 Å². The van der Waals surface area contributed by atoms with E-state index in [0.717, 1.165) is 11.8 Å². The molecule has 0 saturated carbocycles. The second-order valence-corrected chi connectivity index (χ2v) is 6.79. The van der Waals surface area contributed by atoms with Crippen molar-refractivity contribution >= 4 is 0 Å². The molecular formula is C16H34N2. The Morgan fingerprint density at radius 2 is 1.61 bits per heavy atom. The first-order valence-corrected chi connectivity index (χ1v) is 7.99. The topological polar surface area (TPSA) is 15.3 Å². The van der Waals surface area contributed by atoms with Gasteiger partial charge in [0.25, 0.3) is 0 Å². The van der Waals surface area contributed by atoms with Crippen molar-refractivity contribution < 1.29 is 0 Å². The maximum atomic E-state index is 3.36. The van der Waals surface area contributed by atoms with Crippen LogP contribution in [0, 0.1) is 17.3 Å². The molecule has 2 heteroatoms. The number of piperidine rings is 1. The summed E-state index contributed by atoms with van der Waals surface area (Å²) in [6.07, 6.45) is 4.23. The van der Waals surface area contributed by atoms with E-state index in [9.17, 15) is 0 Å². The monoisotopic (exact) mass is 254 g/mol. The van der Waals surface area contributed by atoms with Crippen molar-refractivity contribution in [3.8, 4) is 0 Å². The summed E-state index contributed by atoms with van der Waals surface area (Å²) < 4.78 is 0. The summed E-state index contributed by atoms with van der Waals surface area (Å²) in [5, 5.41) is 3.36. The van der Waals surface area contributed by atoms with Crippen LogP contribution in [-0.4, -0.2) is 37.6 Å². The SMILES string of the molecule is CC.CC(C)(C)C1CCN(CCC2CNC2)CC1. The zero-order valence-electron chi connectivity index (χ0n) is 13.3. The van der Waals surface area contributed by atoms with Gasteiger partial charge < -0.3 is 10.2 Å². The van der Waals surface area contributed by atoms with E-state index in [-0.39, 0.29) is 0 Å². The standard InChI is InChI=1S/C14H28N2.C2H6/c1-14(2,3)13-5-8-16(9-6-13)7-4-12-10-15-11-12;1-2/h12-13,15H,4-11H2,1-3H3;1-2H3. The Labute approximate surface area is 115 Å². The second-order valence-electron chi connectivity index (χ2n) is 6.79. The van der Waals surface area contributed by atoms with Crippen LogP contribution in [0.25, 0.3) is 0 Å². The Morgan fingerprint density at radius 3 is 2.00 bits per heavy atom. The molecule has 0 radical (unpaired) electrons. The third kappa shape index (κ3) is 4.89. The number of hydrogen-bond donors (Lipinski definition) is 1. The molecule has 108 valence electrons. The van der Waals surface area contributed by atoms with Crippen LogP contribution in [0.1, 0.15) is 53.9 Å². The van der Waals surface area contributed by atoms with Crippen LogP contribution in [0.2, 0.25) is 0 Å². The Bertz CT molecular complexity index is 208. The summed E-state index contributed by atoms with van der Waals surface area (Å²) in [7, 11) is 0. The van der Waals surface area contributed by atoms with Crippen LogP contribution >= 0.6 is 0 Å². The van der Waals surface area contributed by atoms with Crippen molar-refractivity contribution in [1.29, 1.82) is 0 Å². The van der Waals surface area contributed by atoms with Crippen molar-refractivity contribution in [1.82, 2.24) is 10.2 Å². The van der Waals surface area contributed by atoms with Gasteiger partial charge in [-0.3, -0.25) is 0 Å². The van der Waals surface area contributed by atoms with Gasteiger partial charge in [-0.1, -0.05) is 34.6 Å². The van der Waals surface area contributed by atoms with E-state index in [1.54, 1.807) is 0 Å². The fourth-order valence-electron chi connectivity index (χ4n) is 2.94. The normalized spacial score (nSPS) is 23.2. The molecule has 0 aromatic rings. The van der Waals surface area contributed by atoms with Crippen molar-refractivity contribution in [2.75, 3.05) is 32.7 Å². The van der Waals surface area contributed by atoms with Crippen molar-refractivity contribution in [2.24, 2.45) is 17.3 Å². The molecule has 2 aliphatic heterocycles. The molecule has 0 spiro atoms. The lowest BCUT2D eigenvalue weighted by Gasteiger charge is -2.39. The Kier molecular flexibility index (Phi) is 6.65. The molecular weight excluding hydrogens is 220 g/mol. The fourth-order valence-corrected chi connectivity index (χ4v) is 2.94. The van der Waals surface area contributed by atoms with E-state index in [4.69, 9.17) is 0 Å². The van der Waals surface area contributed by atoms with E-state index in [0.29, 0.717) is 5.41 Å². The van der Waals surface area contributed by atoms with Crippen LogP contribution in [0.3, 0.4) is 0 Å². The van der Waals surface area contributed by atoms with Gasteiger partial charge in [0.05, 0.1) is 0 Å². The molecule has 2 fully saturated rings. The molecule has 2 saturated heterocycles. The van der Waals surface area contributed by atoms with Crippen LogP contribution in [0.4, 0.5) is 0 Å². The number of likely N-dealkylation sites (tertiary alicyclic amines) is 1. The fraction of sp³-hybridized carbons (Fsp3) is 1.00. The zero-order valence-corrected chi connectivity index (χ0v) is 13.3. The minimum atomic E-state index is 0.518. The van der Waals surface area contributed by atoms with E-state index >= 15 is 0 Å². The van der Waals surface area contributed by atoms with E-state index in [2.05, 4.69) is 31.0 Å². The zero-order chi connectivity index (χ0) is 13.6. The minimum Gasteiger partial charge on any atom is -0.316 e. The Balaban J connectivity index is 0.000000771. The van der Waals surface area contributed by atoms with Crippen molar-refractivity contribution in [3.63, 3.8) is 0 Å². The molecule has 2 nitrogen and oxygen atoms in total. The maximum absolute atomic E-state index is 3.36. The lowest BCUT2D eigenvalue weighted by molar-refractivity contribution is 0.105. The molecule has 0 aromatic carbocycles. The summed E-state index contributed by atoms with van der Waals surface area (Å²) in [6.45, 7) is 17.7.